The maximum atomic E-state index is 11.8. The summed E-state index contributed by atoms with van der Waals surface area (Å²) in [6, 6.07) is 0. The summed E-state index contributed by atoms with van der Waals surface area (Å²) in [5.74, 6) is 2.71. The van der Waals surface area contributed by atoms with Crippen LogP contribution in [0.4, 0.5) is 0 Å². The minimum absolute atomic E-state index is 0.213. The molecule has 34 heavy (non-hydrogen) atoms. The van der Waals surface area contributed by atoms with E-state index in [-0.39, 0.29) is 28.8 Å². The summed E-state index contributed by atoms with van der Waals surface area (Å²) in [5, 5.41) is 21.9. The van der Waals surface area contributed by atoms with Crippen LogP contribution in [0.3, 0.4) is 0 Å². The van der Waals surface area contributed by atoms with Gasteiger partial charge in [0.15, 0.2) is 0 Å². The first kappa shape index (κ1) is 25.9. The molecule has 3 fully saturated rings. The van der Waals surface area contributed by atoms with Gasteiger partial charge in [-0.15, -0.1) is 0 Å². The summed E-state index contributed by atoms with van der Waals surface area (Å²) in [6.07, 6.45) is 10.5. The van der Waals surface area contributed by atoms with Gasteiger partial charge in [-0.2, -0.15) is 0 Å². The topological polar surface area (TPSA) is 66.8 Å². The van der Waals surface area contributed by atoms with Crippen LogP contribution in [0.2, 0.25) is 0 Å². The molecule has 0 bridgehead atoms. The third-order valence-electron chi connectivity index (χ3n) is 10.9. The van der Waals surface area contributed by atoms with E-state index in [9.17, 15) is 15.0 Å². The lowest BCUT2D eigenvalue weighted by Crippen LogP contribution is -2.57. The second kappa shape index (κ2) is 9.73. The Morgan fingerprint density at radius 2 is 1.88 bits per heavy atom. The zero-order valence-corrected chi connectivity index (χ0v) is 22.2. The molecular formula is C30H48O4. The second-order valence-corrected chi connectivity index (χ2v) is 12.9. The molecule has 9 atom stereocenters. The Bertz CT molecular complexity index is 815. The Hall–Kier alpha value is -1.13. The van der Waals surface area contributed by atoms with Crippen molar-refractivity contribution < 1.29 is 19.7 Å². The average Bonchev–Trinajstić information content (AvgIpc) is 3.13. The number of ether oxygens (including phenoxy) is 1. The quantitative estimate of drug-likeness (QED) is 0.349. The number of hydrogen-bond donors (Lipinski definition) is 2. The van der Waals surface area contributed by atoms with Gasteiger partial charge in [0.05, 0.1) is 12.2 Å². The molecule has 3 saturated carbocycles. The molecule has 2 N–H and O–H groups in total. The summed E-state index contributed by atoms with van der Waals surface area (Å²) >= 11 is 0. The van der Waals surface area contributed by atoms with Gasteiger partial charge in [-0.1, -0.05) is 51.5 Å². The van der Waals surface area contributed by atoms with Crippen molar-refractivity contribution in [2.45, 2.75) is 105 Å². The number of allylic oxidation sites excluding steroid dienone is 1. The summed E-state index contributed by atoms with van der Waals surface area (Å²) in [6.45, 7) is 15.6. The standard InChI is InChI=1S/C30H48O4/c1-18(2)19(3)7-8-20(4)24-9-10-25-28-26(12-13-29(24,25)6)30(17-34-21(5)31)14-11-23(32)15-22(30)16-27(28)33/h16,18,20,23-28,32-33H,3,7-15,17H2,1-2,4-6H3/t20-,23+,24-,25?,26?,27+,28?,29-,30-/m1/s1. The number of carbonyl (C=O) groups is 1. The van der Waals surface area contributed by atoms with E-state index in [2.05, 4.69) is 40.3 Å². The van der Waals surface area contributed by atoms with Crippen LogP contribution in [-0.2, 0) is 9.53 Å². The number of hydrogen-bond acceptors (Lipinski definition) is 4. The summed E-state index contributed by atoms with van der Waals surface area (Å²) in [5.41, 5.74) is 2.54. The maximum Gasteiger partial charge on any atom is 0.302 e. The first-order valence-electron chi connectivity index (χ1n) is 13.9. The normalized spacial score (nSPS) is 42.3. The first-order chi connectivity index (χ1) is 16.0. The van der Waals surface area contributed by atoms with Gasteiger partial charge in [0.1, 0.15) is 6.61 Å². The minimum atomic E-state index is -0.463. The van der Waals surface area contributed by atoms with Gasteiger partial charge >= 0.3 is 5.97 Å². The maximum absolute atomic E-state index is 11.8. The van der Waals surface area contributed by atoms with Crippen molar-refractivity contribution in [2.24, 2.45) is 46.3 Å². The van der Waals surface area contributed by atoms with Gasteiger partial charge in [0.2, 0.25) is 0 Å². The Morgan fingerprint density at radius 3 is 2.56 bits per heavy atom. The van der Waals surface area contributed by atoms with Crippen LogP contribution in [0.25, 0.3) is 0 Å². The van der Waals surface area contributed by atoms with Crippen molar-refractivity contribution in [3.63, 3.8) is 0 Å². The van der Waals surface area contributed by atoms with Crippen LogP contribution >= 0.6 is 0 Å². The number of fused-ring (bicyclic) bond motifs is 5. The molecule has 3 unspecified atom stereocenters. The number of rotatable bonds is 7. The van der Waals surface area contributed by atoms with E-state index < -0.39 is 6.10 Å². The largest absolute Gasteiger partial charge is 0.465 e. The molecule has 0 heterocycles. The van der Waals surface area contributed by atoms with Crippen LogP contribution in [0.15, 0.2) is 23.8 Å². The van der Waals surface area contributed by atoms with Gasteiger partial charge in [-0.25, -0.2) is 0 Å². The van der Waals surface area contributed by atoms with Crippen molar-refractivity contribution in [3.05, 3.63) is 23.8 Å². The minimum Gasteiger partial charge on any atom is -0.465 e. The van der Waals surface area contributed by atoms with Gasteiger partial charge in [0.25, 0.3) is 0 Å². The van der Waals surface area contributed by atoms with E-state index in [1.165, 1.54) is 38.2 Å². The van der Waals surface area contributed by atoms with E-state index >= 15 is 0 Å². The molecular weight excluding hydrogens is 424 g/mol. The summed E-state index contributed by atoms with van der Waals surface area (Å²) in [7, 11) is 0. The predicted molar refractivity (Wildman–Crippen MR) is 136 cm³/mol. The van der Waals surface area contributed by atoms with E-state index in [4.69, 9.17) is 4.74 Å². The smallest absolute Gasteiger partial charge is 0.302 e. The number of esters is 1. The van der Waals surface area contributed by atoms with Crippen molar-refractivity contribution in [1.29, 1.82) is 0 Å². The molecule has 0 aromatic carbocycles. The third kappa shape index (κ3) is 4.43. The highest BCUT2D eigenvalue weighted by molar-refractivity contribution is 5.66. The first-order valence-corrected chi connectivity index (χ1v) is 13.9. The van der Waals surface area contributed by atoms with Gasteiger partial charge in [0, 0.05) is 12.3 Å². The number of aliphatic hydroxyl groups is 2. The highest BCUT2D eigenvalue weighted by atomic mass is 16.5. The van der Waals surface area contributed by atoms with Crippen molar-refractivity contribution in [1.82, 2.24) is 0 Å². The van der Waals surface area contributed by atoms with Crippen molar-refractivity contribution in [2.75, 3.05) is 6.61 Å². The van der Waals surface area contributed by atoms with E-state index in [0.29, 0.717) is 42.6 Å². The molecule has 0 aromatic rings. The number of carbonyl (C=O) groups excluding carboxylic acids is 1. The van der Waals surface area contributed by atoms with Crippen LogP contribution in [0.5, 0.6) is 0 Å². The fraction of sp³-hybridized carbons (Fsp3) is 0.833. The molecule has 0 aromatic heterocycles. The highest BCUT2D eigenvalue weighted by Crippen LogP contribution is 2.67. The molecule has 4 heteroatoms. The second-order valence-electron chi connectivity index (χ2n) is 12.9. The number of aliphatic hydroxyl groups excluding tert-OH is 2. The molecule has 4 aliphatic carbocycles. The van der Waals surface area contributed by atoms with Gasteiger partial charge < -0.3 is 14.9 Å². The SMILES string of the molecule is C=C(CC[C@@H](C)[C@H]1CCC2C3C(CC[C@@]21C)[C@@]1(COC(C)=O)CC[C@H](O)CC1=C[C@@H]3O)C(C)C. The molecule has 0 radical (unpaired) electrons. The van der Waals surface area contributed by atoms with Gasteiger partial charge in [-0.3, -0.25) is 4.79 Å². The lowest BCUT2D eigenvalue weighted by molar-refractivity contribution is -0.153. The molecule has 192 valence electrons. The predicted octanol–water partition coefficient (Wildman–Crippen LogP) is 6.07. The monoisotopic (exact) mass is 472 g/mol. The Balaban J connectivity index is 1.59. The molecule has 0 spiro atoms. The Kier molecular flexibility index (Phi) is 7.43. The third-order valence-corrected chi connectivity index (χ3v) is 10.9. The Labute approximate surface area is 207 Å². The van der Waals surface area contributed by atoms with Crippen LogP contribution in [0, 0.1) is 46.3 Å². The molecule has 4 aliphatic rings. The van der Waals surface area contributed by atoms with E-state index in [0.717, 1.165) is 31.3 Å². The fourth-order valence-electron chi connectivity index (χ4n) is 8.81. The molecule has 0 aliphatic heterocycles. The van der Waals surface area contributed by atoms with Crippen molar-refractivity contribution in [3.8, 4) is 0 Å². The van der Waals surface area contributed by atoms with Crippen LogP contribution < -0.4 is 0 Å². The van der Waals surface area contributed by atoms with E-state index in [1.54, 1.807) is 0 Å². The fourth-order valence-corrected chi connectivity index (χ4v) is 8.81. The lowest BCUT2D eigenvalue weighted by atomic mass is 9.46. The van der Waals surface area contributed by atoms with Crippen LogP contribution in [-0.4, -0.2) is 35.0 Å². The average molecular weight is 473 g/mol. The van der Waals surface area contributed by atoms with Crippen LogP contribution in [0.1, 0.15) is 92.4 Å². The van der Waals surface area contributed by atoms with Crippen molar-refractivity contribution >= 4 is 5.97 Å². The summed E-state index contributed by atoms with van der Waals surface area (Å²) < 4.78 is 5.68. The summed E-state index contributed by atoms with van der Waals surface area (Å²) in [4.78, 5) is 11.8. The molecule has 0 amide bonds. The zero-order chi connectivity index (χ0) is 24.8. The molecule has 0 saturated heterocycles. The lowest BCUT2D eigenvalue weighted by Gasteiger charge is -2.60. The Morgan fingerprint density at radius 1 is 1.15 bits per heavy atom. The molecule has 4 nitrogen and oxygen atoms in total. The highest BCUT2D eigenvalue weighted by Gasteiger charge is 2.62. The van der Waals surface area contributed by atoms with Gasteiger partial charge in [-0.05, 0) is 98.7 Å². The van der Waals surface area contributed by atoms with E-state index in [1.807, 2.05) is 0 Å². The molecule has 4 rings (SSSR count). The zero-order valence-electron chi connectivity index (χ0n) is 22.2.